The minimum atomic E-state index is -0.0469. The second-order valence-corrected chi connectivity index (χ2v) is 6.38. The highest BCUT2D eigenvalue weighted by atomic mass is 127. The summed E-state index contributed by atoms with van der Waals surface area (Å²) in [7, 11) is 1.64. The molecule has 1 atom stereocenters. The van der Waals surface area contributed by atoms with E-state index in [2.05, 4.69) is 20.6 Å². The SMILES string of the molecule is CCNC(=NCC(C)Oc1ccc(OC)cc1)NCCc1ccc(Cl)nc1.I. The molecule has 2 N–H and O–H groups in total. The quantitative estimate of drug-likeness (QED) is 0.228. The highest BCUT2D eigenvalue weighted by molar-refractivity contribution is 14.0. The van der Waals surface area contributed by atoms with Gasteiger partial charge in [0.2, 0.25) is 0 Å². The van der Waals surface area contributed by atoms with Crippen LogP contribution in [0.25, 0.3) is 0 Å². The molecule has 2 rings (SSSR count). The maximum atomic E-state index is 5.89. The topological polar surface area (TPSA) is 67.8 Å². The molecule has 8 heteroatoms. The molecule has 6 nitrogen and oxygen atoms in total. The van der Waals surface area contributed by atoms with Crippen molar-refractivity contribution < 1.29 is 9.47 Å². The molecule has 1 heterocycles. The fraction of sp³-hybridized carbons (Fsp3) is 0.400. The van der Waals surface area contributed by atoms with Gasteiger partial charge in [0.05, 0.1) is 13.7 Å². The second kappa shape index (κ2) is 13.4. The monoisotopic (exact) mass is 518 g/mol. The number of halogens is 2. The van der Waals surface area contributed by atoms with Crippen LogP contribution in [0.3, 0.4) is 0 Å². The highest BCUT2D eigenvalue weighted by Crippen LogP contribution is 2.18. The summed E-state index contributed by atoms with van der Waals surface area (Å²) in [5.74, 6) is 2.37. The van der Waals surface area contributed by atoms with E-state index in [0.717, 1.165) is 42.5 Å². The molecule has 0 saturated carbocycles. The van der Waals surface area contributed by atoms with Gasteiger partial charge >= 0.3 is 0 Å². The van der Waals surface area contributed by atoms with E-state index < -0.39 is 0 Å². The molecule has 0 amide bonds. The van der Waals surface area contributed by atoms with Crippen LogP contribution in [-0.4, -0.2) is 43.8 Å². The summed E-state index contributed by atoms with van der Waals surface area (Å²) in [5.41, 5.74) is 1.12. The fourth-order valence-electron chi connectivity index (χ4n) is 2.37. The van der Waals surface area contributed by atoms with Gasteiger partial charge in [-0.05, 0) is 56.2 Å². The van der Waals surface area contributed by atoms with Gasteiger partial charge in [-0.2, -0.15) is 0 Å². The summed E-state index contributed by atoms with van der Waals surface area (Å²) in [6, 6.07) is 11.3. The third-order valence-corrected chi connectivity index (χ3v) is 3.97. The number of aromatic nitrogens is 1. The average Bonchev–Trinajstić information content (AvgIpc) is 2.68. The van der Waals surface area contributed by atoms with Crippen molar-refractivity contribution in [2.75, 3.05) is 26.7 Å². The first kappa shape index (κ1) is 24.3. The third kappa shape index (κ3) is 8.97. The number of hydrogen-bond acceptors (Lipinski definition) is 4. The maximum Gasteiger partial charge on any atom is 0.191 e. The van der Waals surface area contributed by atoms with Crippen molar-refractivity contribution in [3.63, 3.8) is 0 Å². The van der Waals surface area contributed by atoms with Crippen molar-refractivity contribution in [3.05, 3.63) is 53.3 Å². The van der Waals surface area contributed by atoms with E-state index in [-0.39, 0.29) is 30.1 Å². The molecular formula is C20H28ClIN4O2. The first-order valence-corrected chi connectivity index (χ1v) is 9.41. The molecule has 0 aliphatic heterocycles. The number of benzene rings is 1. The predicted molar refractivity (Wildman–Crippen MR) is 125 cm³/mol. The minimum absolute atomic E-state index is 0. The largest absolute Gasteiger partial charge is 0.497 e. The van der Waals surface area contributed by atoms with Crippen molar-refractivity contribution >= 4 is 41.5 Å². The van der Waals surface area contributed by atoms with Crippen molar-refractivity contribution in [2.45, 2.75) is 26.4 Å². The van der Waals surface area contributed by atoms with E-state index in [1.165, 1.54) is 0 Å². The van der Waals surface area contributed by atoms with E-state index in [9.17, 15) is 0 Å². The maximum absolute atomic E-state index is 5.89. The van der Waals surface area contributed by atoms with Gasteiger partial charge in [-0.3, -0.25) is 0 Å². The number of pyridine rings is 1. The molecule has 0 radical (unpaired) electrons. The molecule has 154 valence electrons. The van der Waals surface area contributed by atoms with E-state index in [1.54, 1.807) is 19.4 Å². The van der Waals surface area contributed by atoms with Crippen LogP contribution in [0.4, 0.5) is 0 Å². The molecule has 0 aliphatic carbocycles. The lowest BCUT2D eigenvalue weighted by Gasteiger charge is -2.15. The molecule has 1 aromatic carbocycles. The van der Waals surface area contributed by atoms with Crippen molar-refractivity contribution in [1.82, 2.24) is 15.6 Å². The van der Waals surface area contributed by atoms with Gasteiger partial charge in [-0.1, -0.05) is 17.7 Å². The Morgan fingerprint density at radius 3 is 2.46 bits per heavy atom. The van der Waals surface area contributed by atoms with Crippen LogP contribution in [0, 0.1) is 0 Å². The molecule has 2 aromatic rings. The van der Waals surface area contributed by atoms with Gasteiger partial charge in [-0.25, -0.2) is 9.98 Å². The Hall–Kier alpha value is -1.74. The predicted octanol–water partition coefficient (Wildman–Crippen LogP) is 3.93. The Morgan fingerprint density at radius 1 is 1.14 bits per heavy atom. The molecule has 0 spiro atoms. The zero-order valence-electron chi connectivity index (χ0n) is 16.4. The van der Waals surface area contributed by atoms with Gasteiger partial charge in [0.15, 0.2) is 5.96 Å². The molecule has 1 unspecified atom stereocenters. The van der Waals surface area contributed by atoms with Gasteiger partial charge in [0.1, 0.15) is 22.8 Å². The first-order chi connectivity index (χ1) is 13.1. The summed E-state index contributed by atoms with van der Waals surface area (Å²) < 4.78 is 11.0. The van der Waals surface area contributed by atoms with Crippen LogP contribution in [0.15, 0.2) is 47.6 Å². The molecule has 0 bridgehead atoms. The Kier molecular flexibility index (Phi) is 11.7. The standard InChI is InChI=1S/C20H27ClN4O2.HI/c1-4-22-20(23-12-11-16-5-10-19(21)24-14-16)25-13-15(2)27-18-8-6-17(26-3)7-9-18;/h5-10,14-15H,4,11-13H2,1-3H3,(H2,22,23,25);1H. The van der Waals surface area contributed by atoms with Gasteiger partial charge in [-0.15, -0.1) is 24.0 Å². The smallest absolute Gasteiger partial charge is 0.191 e. The Labute approximate surface area is 189 Å². The lowest BCUT2D eigenvalue weighted by atomic mass is 10.2. The Bertz CT molecular complexity index is 711. The third-order valence-electron chi connectivity index (χ3n) is 3.74. The van der Waals surface area contributed by atoms with Crippen molar-refractivity contribution in [2.24, 2.45) is 4.99 Å². The molecule has 0 aliphatic rings. The summed E-state index contributed by atoms with van der Waals surface area (Å²) in [5, 5.41) is 7.07. The highest BCUT2D eigenvalue weighted by Gasteiger charge is 2.05. The molecule has 1 aromatic heterocycles. The molecule has 0 fully saturated rings. The van der Waals surface area contributed by atoms with E-state index in [4.69, 9.17) is 21.1 Å². The second-order valence-electron chi connectivity index (χ2n) is 5.99. The van der Waals surface area contributed by atoms with E-state index >= 15 is 0 Å². The van der Waals surface area contributed by atoms with Crippen LogP contribution < -0.4 is 20.1 Å². The zero-order valence-corrected chi connectivity index (χ0v) is 19.5. The number of rotatable bonds is 9. The van der Waals surface area contributed by atoms with Gasteiger partial charge < -0.3 is 20.1 Å². The number of methoxy groups -OCH3 is 1. The number of ether oxygens (including phenoxy) is 2. The average molecular weight is 519 g/mol. The normalized spacial score (nSPS) is 11.9. The Morgan fingerprint density at radius 2 is 1.86 bits per heavy atom. The van der Waals surface area contributed by atoms with E-state index in [1.807, 2.05) is 44.2 Å². The van der Waals surface area contributed by atoms with Gasteiger partial charge in [0, 0.05) is 19.3 Å². The van der Waals surface area contributed by atoms with E-state index in [0.29, 0.717) is 11.7 Å². The van der Waals surface area contributed by atoms with Crippen molar-refractivity contribution in [1.29, 1.82) is 0 Å². The lowest BCUT2D eigenvalue weighted by Crippen LogP contribution is -2.39. The van der Waals surface area contributed by atoms with Crippen LogP contribution in [0.2, 0.25) is 5.15 Å². The van der Waals surface area contributed by atoms with Crippen LogP contribution in [0.5, 0.6) is 11.5 Å². The minimum Gasteiger partial charge on any atom is -0.497 e. The number of guanidine groups is 1. The number of nitrogens with one attached hydrogen (secondary N) is 2. The van der Waals surface area contributed by atoms with Crippen LogP contribution in [-0.2, 0) is 6.42 Å². The lowest BCUT2D eigenvalue weighted by molar-refractivity contribution is 0.230. The molecular weight excluding hydrogens is 491 g/mol. The number of aliphatic imine (C=N–C) groups is 1. The zero-order chi connectivity index (χ0) is 19.5. The summed E-state index contributed by atoms with van der Waals surface area (Å²) in [6.45, 7) is 6.13. The summed E-state index contributed by atoms with van der Waals surface area (Å²) >= 11 is 5.81. The number of hydrogen-bond donors (Lipinski definition) is 2. The summed E-state index contributed by atoms with van der Waals surface area (Å²) in [6.07, 6.45) is 2.58. The van der Waals surface area contributed by atoms with Crippen LogP contribution >= 0.6 is 35.6 Å². The molecule has 28 heavy (non-hydrogen) atoms. The van der Waals surface area contributed by atoms with Gasteiger partial charge in [0.25, 0.3) is 0 Å². The number of nitrogens with zero attached hydrogens (tertiary/aromatic N) is 2. The van der Waals surface area contributed by atoms with Crippen molar-refractivity contribution in [3.8, 4) is 11.5 Å². The fourth-order valence-corrected chi connectivity index (χ4v) is 2.48. The Balaban J connectivity index is 0.00000392. The van der Waals surface area contributed by atoms with Crippen LogP contribution in [0.1, 0.15) is 19.4 Å². The summed E-state index contributed by atoms with van der Waals surface area (Å²) in [4.78, 5) is 8.69. The first-order valence-electron chi connectivity index (χ1n) is 9.04. The molecule has 0 saturated heterocycles.